The third kappa shape index (κ3) is 12.8. The van der Waals surface area contributed by atoms with Crippen LogP contribution in [0.3, 0.4) is 0 Å². The van der Waals surface area contributed by atoms with Crippen LogP contribution >= 0.6 is 35.0 Å². The molecule has 12 heavy (non-hydrogen) atoms. The predicted molar refractivity (Wildman–Crippen MR) is 42.5 cm³/mol. The van der Waals surface area contributed by atoms with Crippen LogP contribution in [0.4, 0.5) is 0 Å². The highest BCUT2D eigenvalue weighted by molar-refractivity contribution is 14.1. The van der Waals surface area contributed by atoms with Gasteiger partial charge in [-0.05, 0) is 0 Å². The fourth-order valence-electron chi connectivity index (χ4n) is 0.106. The molecule has 0 saturated carbocycles. The van der Waals surface area contributed by atoms with Gasteiger partial charge in [-0.3, -0.25) is 9.59 Å². The van der Waals surface area contributed by atoms with Crippen LogP contribution in [-0.4, -0.2) is 30.7 Å². The van der Waals surface area contributed by atoms with E-state index in [2.05, 4.69) is 0 Å². The van der Waals surface area contributed by atoms with Gasteiger partial charge in [0.05, 0.1) is 0 Å². The van der Waals surface area contributed by atoms with Gasteiger partial charge >= 0.3 is 23.3 Å². The van der Waals surface area contributed by atoms with Crippen molar-refractivity contribution in [1.82, 2.24) is 0 Å². The number of hydrogen-bond acceptors (Lipinski definition) is 4. The summed E-state index contributed by atoms with van der Waals surface area (Å²) in [6.45, 7) is 0. The van der Waals surface area contributed by atoms with Crippen LogP contribution in [0, 0.1) is 11.3 Å². The summed E-state index contributed by atoms with van der Waals surface area (Å²) in [6, 6.07) is 0. The summed E-state index contributed by atoms with van der Waals surface area (Å²) in [5.41, 5.74) is 0. The minimum Gasteiger partial charge on any atom is -0.506 e. The van der Waals surface area contributed by atoms with Crippen LogP contribution in [0.1, 0.15) is 0 Å². The van der Waals surface area contributed by atoms with Gasteiger partial charge in [-0.2, -0.15) is 0 Å². The highest BCUT2D eigenvalue weighted by atomic mass is 127. The molecule has 0 rings (SSSR count). The van der Waals surface area contributed by atoms with E-state index in [-0.39, 0.29) is 23.7 Å². The summed E-state index contributed by atoms with van der Waals surface area (Å²) in [4.78, 5) is 19.5. The van der Waals surface area contributed by atoms with E-state index in [1.165, 1.54) is 22.6 Å². The Morgan fingerprint density at radius 1 is 1.33 bits per heavy atom. The van der Waals surface area contributed by atoms with Crippen LogP contribution in [-0.2, 0) is 9.59 Å². The average Bonchev–Trinajstić information content (AvgIpc) is 1.87. The fraction of sp³-hybridized carbons (Fsp3) is 0.333. The van der Waals surface area contributed by atoms with Crippen molar-refractivity contribution >= 4 is 46.9 Å². The highest BCUT2D eigenvalue weighted by Crippen LogP contribution is 1.98. The maximum absolute atomic E-state index is 9.75. The number of hydrogen-bond donors (Lipinski definition) is 3. The second-order valence-electron chi connectivity index (χ2n) is 1.11. The summed E-state index contributed by atoms with van der Waals surface area (Å²) in [5, 5.41) is 15.9. The number of aliphatic carboxylic acids is 2. The van der Waals surface area contributed by atoms with Gasteiger partial charge in [0.1, 0.15) is 0 Å². The van der Waals surface area contributed by atoms with Crippen molar-refractivity contribution < 1.29 is 40.4 Å². The Hall–Kier alpha value is 0.170. The molecular formula is C3H5Cl2IO6. The topological polar surface area (TPSA) is 118 Å². The summed E-state index contributed by atoms with van der Waals surface area (Å²) in [7, 11) is 0. The van der Waals surface area contributed by atoms with E-state index in [1.807, 2.05) is 0 Å². The average molecular weight is 335 g/mol. The zero-order valence-electron chi connectivity index (χ0n) is 5.31. The summed E-state index contributed by atoms with van der Waals surface area (Å²) >= 11 is 1.16. The lowest BCUT2D eigenvalue weighted by Crippen LogP contribution is -2.22. The number of alkyl halides is 1. The predicted octanol–water partition coefficient (Wildman–Crippen LogP) is -1.36. The Morgan fingerprint density at radius 2 is 1.50 bits per heavy atom. The fourth-order valence-corrected chi connectivity index (χ4v) is 0.106. The molecule has 0 bridgehead atoms. The monoisotopic (exact) mass is 334 g/mol. The second kappa shape index (κ2) is 11.2. The lowest BCUT2D eigenvalue weighted by molar-refractivity contribution is -1.27. The van der Waals surface area contributed by atoms with Crippen molar-refractivity contribution in [2.75, 3.05) is 0 Å². The first-order chi connectivity index (χ1) is 4.97. The molecule has 0 aliphatic carbocycles. The summed E-state index contributed by atoms with van der Waals surface area (Å²) in [6.07, 6.45) is 0. The number of carboxylic acid groups (broad SMARTS) is 2. The highest BCUT2D eigenvalue weighted by Gasteiger charge is 2.20. The molecule has 0 heterocycles. The third-order valence-corrected chi connectivity index (χ3v) is 1.50. The Morgan fingerprint density at radius 3 is 1.50 bits per heavy atom. The Labute approximate surface area is 91.2 Å². The first-order valence-electron chi connectivity index (χ1n) is 1.97. The normalized spacial score (nSPS) is 7.67. The van der Waals surface area contributed by atoms with Gasteiger partial charge in [-0.1, -0.05) is 22.6 Å². The number of halogens is 3. The standard InChI is InChI=1S/C3H3IO4.ClHO2.ClH/c4-1(2(5)6)3(7)8;2-1-3;/h1H,(H,5,6)(H,7,8);2H;1H. The molecule has 0 aliphatic rings. The molecule has 0 amide bonds. The maximum atomic E-state index is 9.75. The molecule has 0 radical (unpaired) electrons. The van der Waals surface area contributed by atoms with Gasteiger partial charge in [0.25, 0.3) is 0 Å². The smallest absolute Gasteiger partial charge is 0.328 e. The lowest BCUT2D eigenvalue weighted by Gasteiger charge is -1.92. The Balaban J connectivity index is -0.000000177. The molecule has 0 saturated heterocycles. The van der Waals surface area contributed by atoms with E-state index in [0.717, 1.165) is 0 Å². The lowest BCUT2D eigenvalue weighted by atomic mass is 10.5. The Bertz CT molecular complexity index is 127. The van der Waals surface area contributed by atoms with E-state index < -0.39 is 15.9 Å². The van der Waals surface area contributed by atoms with Crippen LogP contribution in [0.5, 0.6) is 0 Å². The first-order valence-corrected chi connectivity index (χ1v) is 3.87. The molecule has 0 aromatic rings. The van der Waals surface area contributed by atoms with Crippen molar-refractivity contribution in [1.29, 1.82) is 0 Å². The molecule has 6 nitrogen and oxygen atoms in total. The Kier molecular flexibility index (Phi) is 16.8. The molecular weight excluding hydrogens is 330 g/mol. The summed E-state index contributed by atoms with van der Waals surface area (Å²) in [5.74, 6) is -2.64. The van der Waals surface area contributed by atoms with Gasteiger partial charge in [0.15, 0.2) is 0 Å². The van der Waals surface area contributed by atoms with Crippen molar-refractivity contribution in [3.05, 3.63) is 0 Å². The molecule has 0 fully saturated rings. The molecule has 0 spiro atoms. The largest absolute Gasteiger partial charge is 0.506 e. The van der Waals surface area contributed by atoms with Crippen molar-refractivity contribution in [3.8, 4) is 0 Å². The van der Waals surface area contributed by atoms with Crippen molar-refractivity contribution in [3.63, 3.8) is 0 Å². The molecule has 74 valence electrons. The molecule has 0 unspecified atom stereocenters. The van der Waals surface area contributed by atoms with Crippen LogP contribution in [0.2, 0.25) is 0 Å². The van der Waals surface area contributed by atoms with Gasteiger partial charge in [-0.25, -0.2) is 0 Å². The third-order valence-electron chi connectivity index (χ3n) is 0.434. The van der Waals surface area contributed by atoms with E-state index in [4.69, 9.17) is 19.5 Å². The first kappa shape index (κ1) is 18.1. The quantitative estimate of drug-likeness (QED) is 0.326. The van der Waals surface area contributed by atoms with E-state index in [9.17, 15) is 9.59 Å². The number of rotatable bonds is 2. The van der Waals surface area contributed by atoms with Crippen molar-refractivity contribution in [2.45, 2.75) is 3.92 Å². The van der Waals surface area contributed by atoms with Crippen LogP contribution in [0.15, 0.2) is 0 Å². The van der Waals surface area contributed by atoms with Gasteiger partial charge in [0, 0.05) is 0 Å². The second-order valence-corrected chi connectivity index (χ2v) is 2.49. The number of carbonyl (C=O) groups is 2. The molecule has 9 heteroatoms. The number of carboxylic acids is 2. The minimum absolute atomic E-state index is 0. The van der Waals surface area contributed by atoms with E-state index in [0.29, 0.717) is 0 Å². The summed E-state index contributed by atoms with van der Waals surface area (Å²) < 4.78 is 13.9. The molecule has 0 atom stereocenters. The van der Waals surface area contributed by atoms with E-state index >= 15 is 0 Å². The molecule has 0 aromatic heterocycles. The van der Waals surface area contributed by atoms with Crippen molar-refractivity contribution in [2.24, 2.45) is 0 Å². The molecule has 3 N–H and O–H groups in total. The SMILES string of the molecule is Cl.O=C(O)C(I)C(=O)O.[O-][Cl+]O. The zero-order valence-corrected chi connectivity index (χ0v) is 9.04. The van der Waals surface area contributed by atoms with E-state index in [1.54, 1.807) is 0 Å². The molecule has 0 aromatic carbocycles. The zero-order chi connectivity index (χ0) is 9.44. The molecule has 0 aliphatic heterocycles. The van der Waals surface area contributed by atoms with Gasteiger partial charge in [0.2, 0.25) is 3.92 Å². The van der Waals surface area contributed by atoms with Crippen LogP contribution in [0.25, 0.3) is 0 Å². The van der Waals surface area contributed by atoms with Gasteiger partial charge < -0.3 is 14.9 Å². The minimum atomic E-state index is -1.33. The van der Waals surface area contributed by atoms with Crippen LogP contribution < -0.4 is 4.66 Å². The maximum Gasteiger partial charge on any atom is 0.328 e. The van der Waals surface area contributed by atoms with Gasteiger partial charge in [-0.15, -0.1) is 17.1 Å².